The minimum atomic E-state index is -1.21. The van der Waals surface area contributed by atoms with Gasteiger partial charge in [-0.25, -0.2) is 14.0 Å². The van der Waals surface area contributed by atoms with Crippen molar-refractivity contribution in [1.29, 1.82) is 0 Å². The number of ether oxygens (including phenoxy) is 1. The van der Waals surface area contributed by atoms with Crippen LogP contribution in [0.4, 0.5) is 4.39 Å². The second-order valence-corrected chi connectivity index (χ2v) is 9.88. The zero-order valence-corrected chi connectivity index (χ0v) is 20.1. The molecule has 2 heterocycles. The number of piperazine rings is 1. The molecule has 2 unspecified atom stereocenters. The van der Waals surface area contributed by atoms with Gasteiger partial charge in [0.2, 0.25) is 0 Å². The maximum Gasteiger partial charge on any atom is 0.332 e. The minimum absolute atomic E-state index is 0.0107. The van der Waals surface area contributed by atoms with E-state index >= 15 is 0 Å². The molecule has 0 spiro atoms. The topological polar surface area (TPSA) is 78.9 Å². The number of nitrogens with zero attached hydrogens (tertiary/aromatic N) is 1. The van der Waals surface area contributed by atoms with Crippen molar-refractivity contribution < 1.29 is 23.8 Å². The van der Waals surface area contributed by atoms with Crippen molar-refractivity contribution in [1.82, 2.24) is 10.2 Å². The van der Waals surface area contributed by atoms with E-state index in [1.54, 1.807) is 17.8 Å². The van der Waals surface area contributed by atoms with E-state index in [9.17, 15) is 14.0 Å². The Kier molecular flexibility index (Phi) is 8.26. The summed E-state index contributed by atoms with van der Waals surface area (Å²) < 4.78 is 19.9. The van der Waals surface area contributed by atoms with E-state index in [0.717, 1.165) is 46.2 Å². The van der Waals surface area contributed by atoms with E-state index in [2.05, 4.69) is 10.2 Å². The number of rotatable bonds is 7. The fourth-order valence-corrected chi connectivity index (χ4v) is 5.75. The Labute approximate surface area is 207 Å². The van der Waals surface area contributed by atoms with Crippen molar-refractivity contribution in [2.45, 2.75) is 41.2 Å². The standard InChI is InChI=1S/C25H26ClFN2O4S/c26-18-2-4-21-17(14-18)13-16(20-15-19(27)3-5-22(20)34-21)1-6-23(29-11-9-28-10-12-29)33-25(32)8-7-24(30)31/h2-5,7-8,14-16,23,28H,1,6,9-13H2,(H,30,31)/b8-7-. The van der Waals surface area contributed by atoms with Gasteiger partial charge in [0.1, 0.15) is 5.82 Å². The van der Waals surface area contributed by atoms with Crippen LogP contribution in [0.2, 0.25) is 5.02 Å². The highest BCUT2D eigenvalue weighted by Crippen LogP contribution is 2.44. The van der Waals surface area contributed by atoms with E-state index in [1.165, 1.54) is 6.07 Å². The van der Waals surface area contributed by atoms with E-state index in [-0.39, 0.29) is 11.7 Å². The summed E-state index contributed by atoms with van der Waals surface area (Å²) in [6.45, 7) is 2.98. The molecule has 2 atom stereocenters. The van der Waals surface area contributed by atoms with Crippen LogP contribution in [0.5, 0.6) is 0 Å². The Bertz CT molecular complexity index is 1090. The van der Waals surface area contributed by atoms with Gasteiger partial charge in [-0.05, 0) is 72.7 Å². The van der Waals surface area contributed by atoms with Gasteiger partial charge in [-0.2, -0.15) is 0 Å². The molecule has 2 N–H and O–H groups in total. The first-order chi connectivity index (χ1) is 16.4. The molecule has 6 nitrogen and oxygen atoms in total. The number of aliphatic carboxylic acids is 1. The summed E-state index contributed by atoms with van der Waals surface area (Å²) >= 11 is 7.88. The second kappa shape index (κ2) is 11.4. The van der Waals surface area contributed by atoms with Gasteiger partial charge < -0.3 is 15.2 Å². The van der Waals surface area contributed by atoms with Crippen molar-refractivity contribution >= 4 is 35.3 Å². The smallest absolute Gasteiger partial charge is 0.332 e. The lowest BCUT2D eigenvalue weighted by Crippen LogP contribution is -2.49. The highest BCUT2D eigenvalue weighted by Gasteiger charge is 2.28. The van der Waals surface area contributed by atoms with Crippen LogP contribution in [0.15, 0.2) is 58.3 Å². The predicted molar refractivity (Wildman–Crippen MR) is 129 cm³/mol. The van der Waals surface area contributed by atoms with Crippen molar-refractivity contribution in [3.05, 3.63) is 70.5 Å². The van der Waals surface area contributed by atoms with Gasteiger partial charge in [-0.1, -0.05) is 23.4 Å². The van der Waals surface area contributed by atoms with Crippen LogP contribution in [0.1, 0.15) is 29.9 Å². The van der Waals surface area contributed by atoms with Crippen LogP contribution in [0.25, 0.3) is 0 Å². The van der Waals surface area contributed by atoms with E-state index in [4.69, 9.17) is 21.4 Å². The average Bonchev–Trinajstić information content (AvgIpc) is 2.97. The van der Waals surface area contributed by atoms with Crippen LogP contribution in [-0.2, 0) is 20.7 Å². The molecule has 0 bridgehead atoms. The normalized spacial score (nSPS) is 19.2. The molecule has 2 aliphatic rings. The Balaban J connectivity index is 1.56. The van der Waals surface area contributed by atoms with Gasteiger partial charge >= 0.3 is 11.9 Å². The first-order valence-electron chi connectivity index (χ1n) is 11.2. The number of fused-ring (bicyclic) bond motifs is 2. The number of carbonyl (C=O) groups excluding carboxylic acids is 1. The first kappa shape index (κ1) is 24.7. The van der Waals surface area contributed by atoms with Crippen LogP contribution < -0.4 is 5.32 Å². The van der Waals surface area contributed by atoms with Crippen LogP contribution in [0.3, 0.4) is 0 Å². The Morgan fingerprint density at radius 3 is 2.74 bits per heavy atom. The predicted octanol–water partition coefficient (Wildman–Crippen LogP) is 4.47. The number of hydrogen-bond donors (Lipinski definition) is 2. The monoisotopic (exact) mass is 504 g/mol. The molecule has 0 aliphatic carbocycles. The maximum atomic E-state index is 14.2. The summed E-state index contributed by atoms with van der Waals surface area (Å²) in [5.41, 5.74) is 2.05. The zero-order valence-electron chi connectivity index (χ0n) is 18.5. The number of benzene rings is 2. The number of esters is 1. The minimum Gasteiger partial charge on any atom is -0.478 e. The van der Waals surface area contributed by atoms with E-state index < -0.39 is 18.2 Å². The Morgan fingerprint density at radius 1 is 1.21 bits per heavy atom. The third-order valence-corrected chi connectivity index (χ3v) is 7.50. The molecule has 1 fully saturated rings. The largest absolute Gasteiger partial charge is 0.478 e. The van der Waals surface area contributed by atoms with Crippen molar-refractivity contribution in [2.24, 2.45) is 0 Å². The van der Waals surface area contributed by atoms with Gasteiger partial charge in [0.25, 0.3) is 0 Å². The molecular weight excluding hydrogens is 479 g/mol. The molecule has 0 amide bonds. The molecule has 2 aromatic rings. The molecule has 0 aromatic heterocycles. The van der Waals surface area contributed by atoms with Crippen molar-refractivity contribution in [3.8, 4) is 0 Å². The first-order valence-corrected chi connectivity index (χ1v) is 12.4. The summed E-state index contributed by atoms with van der Waals surface area (Å²) in [5, 5.41) is 12.7. The molecule has 9 heteroatoms. The third kappa shape index (κ3) is 6.39. The number of halogens is 2. The lowest BCUT2D eigenvalue weighted by atomic mass is 9.87. The van der Waals surface area contributed by atoms with Crippen LogP contribution in [-0.4, -0.2) is 54.4 Å². The fourth-order valence-electron chi connectivity index (χ4n) is 4.43. The van der Waals surface area contributed by atoms with Crippen LogP contribution >= 0.6 is 23.4 Å². The van der Waals surface area contributed by atoms with Crippen LogP contribution in [0, 0.1) is 5.82 Å². The number of nitrogens with one attached hydrogen (secondary N) is 1. The number of carboxylic acids is 1. The van der Waals surface area contributed by atoms with Gasteiger partial charge in [0, 0.05) is 53.1 Å². The quantitative estimate of drug-likeness (QED) is 0.425. The Morgan fingerprint density at radius 2 is 1.97 bits per heavy atom. The van der Waals surface area contributed by atoms with Gasteiger partial charge in [0.15, 0.2) is 6.23 Å². The summed E-state index contributed by atoms with van der Waals surface area (Å²) in [4.78, 5) is 27.2. The van der Waals surface area contributed by atoms with Crippen molar-refractivity contribution in [2.75, 3.05) is 26.2 Å². The molecule has 1 saturated heterocycles. The highest BCUT2D eigenvalue weighted by molar-refractivity contribution is 7.99. The summed E-state index contributed by atoms with van der Waals surface area (Å²) in [6.07, 6.45) is 3.10. The summed E-state index contributed by atoms with van der Waals surface area (Å²) in [7, 11) is 0. The maximum absolute atomic E-state index is 14.2. The van der Waals surface area contributed by atoms with Gasteiger partial charge in [0.05, 0.1) is 0 Å². The molecule has 0 radical (unpaired) electrons. The molecular formula is C25H26ClFN2O4S. The number of carboxylic acid groups (broad SMARTS) is 1. The average molecular weight is 505 g/mol. The summed E-state index contributed by atoms with van der Waals surface area (Å²) in [5.74, 6) is -2.16. The molecule has 2 aromatic carbocycles. The van der Waals surface area contributed by atoms with Gasteiger partial charge in [-0.15, -0.1) is 0 Å². The van der Waals surface area contributed by atoms with Crippen molar-refractivity contribution in [3.63, 3.8) is 0 Å². The summed E-state index contributed by atoms with van der Waals surface area (Å²) in [6, 6.07) is 10.7. The SMILES string of the molecule is O=C(O)/C=C\C(=O)OC(CCC1Cc2cc(Cl)ccc2Sc2ccc(F)cc21)N1CCNCC1. The lowest BCUT2D eigenvalue weighted by molar-refractivity contribution is -0.155. The van der Waals surface area contributed by atoms with E-state index in [0.29, 0.717) is 37.4 Å². The number of hydrogen-bond acceptors (Lipinski definition) is 6. The fraction of sp³-hybridized carbons (Fsp3) is 0.360. The Hall–Kier alpha value is -2.39. The second-order valence-electron chi connectivity index (χ2n) is 8.36. The zero-order chi connectivity index (χ0) is 24.1. The molecule has 0 saturated carbocycles. The molecule has 2 aliphatic heterocycles. The number of carbonyl (C=O) groups is 2. The van der Waals surface area contributed by atoms with E-state index in [1.807, 2.05) is 24.3 Å². The highest BCUT2D eigenvalue weighted by atomic mass is 35.5. The molecule has 34 heavy (non-hydrogen) atoms. The third-order valence-electron chi connectivity index (χ3n) is 6.06. The molecule has 4 rings (SSSR count). The molecule has 180 valence electrons. The van der Waals surface area contributed by atoms with Gasteiger partial charge in [-0.3, -0.25) is 4.90 Å². The lowest BCUT2D eigenvalue weighted by Gasteiger charge is -2.34.